The van der Waals surface area contributed by atoms with Crippen LogP contribution in [0.15, 0.2) is 24.3 Å². The number of para-hydroxylation sites is 1. The van der Waals surface area contributed by atoms with E-state index in [1.807, 2.05) is 45.0 Å². The highest BCUT2D eigenvalue weighted by Crippen LogP contribution is 2.23. The molecule has 0 aliphatic carbocycles. The summed E-state index contributed by atoms with van der Waals surface area (Å²) in [5.41, 5.74) is 7.02. The highest BCUT2D eigenvalue weighted by atomic mass is 16.2. The second-order valence-corrected chi connectivity index (χ2v) is 4.69. The van der Waals surface area contributed by atoms with Gasteiger partial charge in [0.25, 0.3) is 0 Å². The van der Waals surface area contributed by atoms with Crippen molar-refractivity contribution in [3.63, 3.8) is 0 Å². The smallest absolute Gasteiger partial charge is 0.230 e. The maximum Gasteiger partial charge on any atom is 0.230 e. The van der Waals surface area contributed by atoms with Gasteiger partial charge in [-0.25, -0.2) is 0 Å². The largest absolute Gasteiger partial charge is 0.330 e. The molecule has 0 aromatic heterocycles. The minimum absolute atomic E-state index is 0.0206. The molecule has 1 aromatic rings. The number of carbonyl (C=O) groups excluding carboxylic acids is 1. The zero-order chi connectivity index (χ0) is 12.2. The van der Waals surface area contributed by atoms with Crippen molar-refractivity contribution in [2.75, 3.05) is 11.9 Å². The summed E-state index contributed by atoms with van der Waals surface area (Å²) in [6.45, 7) is 6.32. The molecule has 1 rings (SSSR count). The lowest BCUT2D eigenvalue weighted by molar-refractivity contribution is -0.124. The molecule has 1 amide bonds. The number of carbonyl (C=O) groups is 1. The number of aryl methyl sites for hydroxylation is 1. The first-order chi connectivity index (χ1) is 7.47. The summed E-state index contributed by atoms with van der Waals surface area (Å²) in [6.07, 6.45) is 0.685. The number of nitrogens with one attached hydrogen (secondary N) is 1. The number of hydrogen-bond acceptors (Lipinski definition) is 2. The number of anilines is 1. The zero-order valence-corrected chi connectivity index (χ0v) is 10.2. The summed E-state index contributed by atoms with van der Waals surface area (Å²) in [5.74, 6) is 0.0206. The number of nitrogens with two attached hydrogens (primary N) is 1. The molecule has 0 fully saturated rings. The molecule has 0 unspecified atom stereocenters. The molecule has 0 atom stereocenters. The van der Waals surface area contributed by atoms with E-state index in [2.05, 4.69) is 5.32 Å². The summed E-state index contributed by atoms with van der Waals surface area (Å²) >= 11 is 0. The van der Waals surface area contributed by atoms with Gasteiger partial charge in [-0.05, 0) is 31.5 Å². The quantitative estimate of drug-likeness (QED) is 0.818. The molecule has 1 aromatic carbocycles. The normalized spacial score (nSPS) is 11.2. The predicted octanol–water partition coefficient (Wildman–Crippen LogP) is 2.31. The maximum absolute atomic E-state index is 12.0. The third-order valence-corrected chi connectivity index (χ3v) is 2.78. The molecule has 0 spiro atoms. The van der Waals surface area contributed by atoms with E-state index in [9.17, 15) is 4.79 Å². The fourth-order valence-electron chi connectivity index (χ4n) is 1.48. The summed E-state index contributed by atoms with van der Waals surface area (Å²) in [4.78, 5) is 12.0. The van der Waals surface area contributed by atoms with Crippen LogP contribution in [-0.2, 0) is 4.79 Å². The van der Waals surface area contributed by atoms with Crippen LogP contribution in [0.25, 0.3) is 0 Å². The van der Waals surface area contributed by atoms with Gasteiger partial charge in [-0.2, -0.15) is 0 Å². The van der Waals surface area contributed by atoms with Crippen molar-refractivity contribution in [2.45, 2.75) is 27.2 Å². The van der Waals surface area contributed by atoms with Gasteiger partial charge in [-0.15, -0.1) is 0 Å². The lowest BCUT2D eigenvalue weighted by Gasteiger charge is -2.23. The molecule has 0 heterocycles. The molecule has 16 heavy (non-hydrogen) atoms. The molecule has 0 bridgehead atoms. The Balaban J connectivity index is 2.75. The SMILES string of the molecule is Cc1ccccc1NC(=O)C(C)(C)CCN. The Bertz CT molecular complexity index is 372. The van der Waals surface area contributed by atoms with Gasteiger partial charge in [0.2, 0.25) is 5.91 Å². The van der Waals surface area contributed by atoms with Crippen LogP contribution in [-0.4, -0.2) is 12.5 Å². The second kappa shape index (κ2) is 5.12. The standard InChI is InChI=1S/C13H20N2O/c1-10-6-4-5-7-11(10)15-12(16)13(2,3)8-9-14/h4-7H,8-9,14H2,1-3H3,(H,15,16). The van der Waals surface area contributed by atoms with Gasteiger partial charge in [-0.3, -0.25) is 4.79 Å². The molecule has 0 saturated carbocycles. The highest BCUT2D eigenvalue weighted by Gasteiger charge is 2.26. The van der Waals surface area contributed by atoms with Crippen LogP contribution in [0.2, 0.25) is 0 Å². The van der Waals surface area contributed by atoms with Gasteiger partial charge >= 0.3 is 0 Å². The fraction of sp³-hybridized carbons (Fsp3) is 0.462. The van der Waals surface area contributed by atoms with Crippen LogP contribution in [0.5, 0.6) is 0 Å². The van der Waals surface area contributed by atoms with Crippen LogP contribution >= 0.6 is 0 Å². The Morgan fingerprint density at radius 2 is 2.00 bits per heavy atom. The first-order valence-corrected chi connectivity index (χ1v) is 5.54. The van der Waals surface area contributed by atoms with Gasteiger partial charge in [0.15, 0.2) is 0 Å². The fourth-order valence-corrected chi connectivity index (χ4v) is 1.48. The first-order valence-electron chi connectivity index (χ1n) is 5.54. The lowest BCUT2D eigenvalue weighted by Crippen LogP contribution is -2.32. The third-order valence-electron chi connectivity index (χ3n) is 2.78. The van der Waals surface area contributed by atoms with E-state index in [-0.39, 0.29) is 5.91 Å². The molecule has 3 heteroatoms. The summed E-state index contributed by atoms with van der Waals surface area (Å²) in [6, 6.07) is 7.76. The number of hydrogen-bond donors (Lipinski definition) is 2. The van der Waals surface area contributed by atoms with Crippen molar-refractivity contribution in [3.8, 4) is 0 Å². The Hall–Kier alpha value is -1.35. The Morgan fingerprint density at radius 3 is 2.56 bits per heavy atom. The minimum atomic E-state index is -0.420. The molecule has 88 valence electrons. The molecular formula is C13H20N2O. The van der Waals surface area contributed by atoms with E-state index in [4.69, 9.17) is 5.73 Å². The Labute approximate surface area is 97.0 Å². The van der Waals surface area contributed by atoms with Crippen LogP contribution in [0.4, 0.5) is 5.69 Å². The Morgan fingerprint density at radius 1 is 1.38 bits per heavy atom. The average molecular weight is 220 g/mol. The van der Waals surface area contributed by atoms with E-state index >= 15 is 0 Å². The molecule has 3 nitrogen and oxygen atoms in total. The van der Waals surface area contributed by atoms with Crippen molar-refractivity contribution in [1.29, 1.82) is 0 Å². The van der Waals surface area contributed by atoms with Crippen LogP contribution in [0.1, 0.15) is 25.8 Å². The number of rotatable bonds is 4. The van der Waals surface area contributed by atoms with E-state index in [0.717, 1.165) is 11.3 Å². The second-order valence-electron chi connectivity index (χ2n) is 4.69. The molecular weight excluding hydrogens is 200 g/mol. The van der Waals surface area contributed by atoms with Crippen molar-refractivity contribution in [3.05, 3.63) is 29.8 Å². The molecule has 0 saturated heterocycles. The average Bonchev–Trinajstić information content (AvgIpc) is 2.21. The third kappa shape index (κ3) is 3.07. The van der Waals surface area contributed by atoms with Crippen molar-refractivity contribution >= 4 is 11.6 Å². The van der Waals surface area contributed by atoms with Crippen LogP contribution in [0, 0.1) is 12.3 Å². The van der Waals surface area contributed by atoms with Crippen molar-refractivity contribution < 1.29 is 4.79 Å². The topological polar surface area (TPSA) is 55.1 Å². The van der Waals surface area contributed by atoms with E-state index < -0.39 is 5.41 Å². The van der Waals surface area contributed by atoms with E-state index in [1.165, 1.54) is 0 Å². The number of benzene rings is 1. The minimum Gasteiger partial charge on any atom is -0.330 e. The highest BCUT2D eigenvalue weighted by molar-refractivity contribution is 5.95. The molecule has 0 aliphatic heterocycles. The zero-order valence-electron chi connectivity index (χ0n) is 10.2. The molecule has 0 radical (unpaired) electrons. The van der Waals surface area contributed by atoms with Gasteiger partial charge in [0.1, 0.15) is 0 Å². The Kier molecular flexibility index (Phi) is 4.07. The summed E-state index contributed by atoms with van der Waals surface area (Å²) in [5, 5.41) is 2.94. The van der Waals surface area contributed by atoms with Gasteiger partial charge in [-0.1, -0.05) is 32.0 Å². The lowest BCUT2D eigenvalue weighted by atomic mass is 9.88. The first kappa shape index (κ1) is 12.7. The van der Waals surface area contributed by atoms with Gasteiger partial charge in [0, 0.05) is 11.1 Å². The predicted molar refractivity (Wildman–Crippen MR) is 67.3 cm³/mol. The molecule has 3 N–H and O–H groups in total. The van der Waals surface area contributed by atoms with Gasteiger partial charge < -0.3 is 11.1 Å². The van der Waals surface area contributed by atoms with Crippen LogP contribution < -0.4 is 11.1 Å². The molecule has 0 aliphatic rings. The van der Waals surface area contributed by atoms with Gasteiger partial charge in [0.05, 0.1) is 0 Å². The van der Waals surface area contributed by atoms with E-state index in [0.29, 0.717) is 13.0 Å². The van der Waals surface area contributed by atoms with Crippen molar-refractivity contribution in [1.82, 2.24) is 0 Å². The maximum atomic E-state index is 12.0. The van der Waals surface area contributed by atoms with Crippen molar-refractivity contribution in [2.24, 2.45) is 11.1 Å². The summed E-state index contributed by atoms with van der Waals surface area (Å²) in [7, 11) is 0. The summed E-state index contributed by atoms with van der Waals surface area (Å²) < 4.78 is 0. The number of amides is 1. The monoisotopic (exact) mass is 220 g/mol. The van der Waals surface area contributed by atoms with Crippen LogP contribution in [0.3, 0.4) is 0 Å². The van der Waals surface area contributed by atoms with E-state index in [1.54, 1.807) is 0 Å².